The molecule has 2 amide bonds. The van der Waals surface area contributed by atoms with E-state index in [1.807, 2.05) is 6.92 Å². The summed E-state index contributed by atoms with van der Waals surface area (Å²) in [5, 5.41) is 5.48. The molecule has 3 aromatic rings. The van der Waals surface area contributed by atoms with E-state index in [2.05, 4.69) is 25.5 Å². The molecule has 5 rings (SSSR count). The Morgan fingerprint density at radius 1 is 1.09 bits per heavy atom. The zero-order valence-electron chi connectivity index (χ0n) is 18.6. The number of carbonyl (C=O) groups is 1. The van der Waals surface area contributed by atoms with Gasteiger partial charge in [0.15, 0.2) is 15.7 Å². The molecule has 0 saturated carbocycles. The third-order valence-electron chi connectivity index (χ3n) is 5.75. The molecule has 4 heterocycles. The molecular formula is C23H24N6O4S. The summed E-state index contributed by atoms with van der Waals surface area (Å²) in [7, 11) is -3.25. The fraction of sp³-hybridized carbons (Fsp3) is 0.304. The van der Waals surface area contributed by atoms with Crippen LogP contribution in [0.3, 0.4) is 0 Å². The van der Waals surface area contributed by atoms with Crippen LogP contribution in [-0.2, 0) is 26.1 Å². The molecule has 0 spiro atoms. The third kappa shape index (κ3) is 4.70. The van der Waals surface area contributed by atoms with Crippen LogP contribution in [-0.4, -0.2) is 55.2 Å². The molecule has 2 aromatic heterocycles. The van der Waals surface area contributed by atoms with Crippen LogP contribution >= 0.6 is 0 Å². The normalized spacial score (nSPS) is 18.9. The minimum atomic E-state index is -3.25. The molecule has 2 N–H and O–H groups in total. The predicted octanol–water partition coefficient (Wildman–Crippen LogP) is 2.84. The Labute approximate surface area is 197 Å². The highest BCUT2D eigenvalue weighted by atomic mass is 32.2. The Morgan fingerprint density at radius 3 is 2.62 bits per heavy atom. The first kappa shape index (κ1) is 22.2. The van der Waals surface area contributed by atoms with E-state index in [0.717, 1.165) is 5.56 Å². The number of nitrogens with one attached hydrogen (secondary N) is 2. The maximum atomic E-state index is 12.4. The molecule has 1 aromatic carbocycles. The SMILES string of the molecule is C[C@H]1COCCN1c1nc(-c2ccc(NC(=O)Nc3cccnc3)cc2)nc2c1CS(=O)(=O)C2. The number of carbonyl (C=O) groups excluding carboxylic acids is 1. The number of ether oxygens (including phenoxy) is 1. The number of amides is 2. The summed E-state index contributed by atoms with van der Waals surface area (Å²) in [5.74, 6) is 0.986. The van der Waals surface area contributed by atoms with Crippen molar-refractivity contribution in [2.24, 2.45) is 0 Å². The van der Waals surface area contributed by atoms with Gasteiger partial charge in [-0.2, -0.15) is 0 Å². The largest absolute Gasteiger partial charge is 0.377 e. The zero-order chi connectivity index (χ0) is 23.7. The van der Waals surface area contributed by atoms with Crippen LogP contribution in [0.5, 0.6) is 0 Å². The Hall–Kier alpha value is -3.57. The minimum Gasteiger partial charge on any atom is -0.377 e. The van der Waals surface area contributed by atoms with E-state index in [4.69, 9.17) is 9.72 Å². The van der Waals surface area contributed by atoms with E-state index in [1.165, 1.54) is 0 Å². The van der Waals surface area contributed by atoms with Gasteiger partial charge in [-0.05, 0) is 43.3 Å². The molecule has 1 atom stereocenters. The second-order valence-electron chi connectivity index (χ2n) is 8.34. The summed E-state index contributed by atoms with van der Waals surface area (Å²) in [6, 6.07) is 10.3. The lowest BCUT2D eigenvalue weighted by Crippen LogP contribution is -2.44. The third-order valence-corrected chi connectivity index (χ3v) is 7.19. The molecule has 2 aliphatic rings. The first-order chi connectivity index (χ1) is 16.4. The van der Waals surface area contributed by atoms with Crippen molar-refractivity contribution in [3.05, 3.63) is 60.0 Å². The van der Waals surface area contributed by atoms with Crippen molar-refractivity contribution in [1.29, 1.82) is 0 Å². The molecule has 1 fully saturated rings. The maximum absolute atomic E-state index is 12.4. The number of nitrogens with zero attached hydrogens (tertiary/aromatic N) is 4. The molecule has 11 heteroatoms. The first-order valence-corrected chi connectivity index (χ1v) is 12.7. The highest BCUT2D eigenvalue weighted by Gasteiger charge is 2.34. The monoisotopic (exact) mass is 480 g/mol. The van der Waals surface area contributed by atoms with Crippen LogP contribution in [0.25, 0.3) is 11.4 Å². The lowest BCUT2D eigenvalue weighted by Gasteiger charge is -2.35. The van der Waals surface area contributed by atoms with Crippen LogP contribution in [0.4, 0.5) is 22.0 Å². The number of urea groups is 1. The zero-order valence-corrected chi connectivity index (χ0v) is 19.4. The number of pyridine rings is 1. The van der Waals surface area contributed by atoms with E-state index in [1.54, 1.807) is 48.8 Å². The molecule has 1 saturated heterocycles. The molecule has 0 unspecified atom stereocenters. The Balaban J connectivity index is 1.40. The lowest BCUT2D eigenvalue weighted by molar-refractivity contribution is 0.0984. The van der Waals surface area contributed by atoms with Crippen LogP contribution in [0, 0.1) is 0 Å². The lowest BCUT2D eigenvalue weighted by atomic mass is 10.1. The van der Waals surface area contributed by atoms with Gasteiger partial charge in [-0.1, -0.05) is 0 Å². The van der Waals surface area contributed by atoms with E-state index >= 15 is 0 Å². The van der Waals surface area contributed by atoms with Crippen molar-refractivity contribution in [3.8, 4) is 11.4 Å². The molecule has 10 nitrogen and oxygen atoms in total. The molecule has 0 aliphatic carbocycles. The number of benzene rings is 1. The highest BCUT2D eigenvalue weighted by molar-refractivity contribution is 7.90. The van der Waals surface area contributed by atoms with Gasteiger partial charge >= 0.3 is 6.03 Å². The minimum absolute atomic E-state index is 0.0447. The van der Waals surface area contributed by atoms with Gasteiger partial charge in [0.1, 0.15) is 5.82 Å². The van der Waals surface area contributed by atoms with E-state index in [9.17, 15) is 13.2 Å². The summed E-state index contributed by atoms with van der Waals surface area (Å²) in [4.78, 5) is 27.7. The highest BCUT2D eigenvalue weighted by Crippen LogP contribution is 2.34. The molecule has 0 radical (unpaired) electrons. The summed E-state index contributed by atoms with van der Waals surface area (Å²) in [5.41, 5.74) is 3.14. The average Bonchev–Trinajstić information content (AvgIpc) is 3.14. The van der Waals surface area contributed by atoms with E-state index in [-0.39, 0.29) is 23.6 Å². The predicted molar refractivity (Wildman–Crippen MR) is 128 cm³/mol. The van der Waals surface area contributed by atoms with Gasteiger partial charge in [-0.25, -0.2) is 23.2 Å². The second kappa shape index (κ2) is 8.99. The van der Waals surface area contributed by atoms with Crippen molar-refractivity contribution in [1.82, 2.24) is 15.0 Å². The van der Waals surface area contributed by atoms with Gasteiger partial charge < -0.3 is 20.3 Å². The van der Waals surface area contributed by atoms with Gasteiger partial charge in [0.05, 0.1) is 48.3 Å². The Kier molecular flexibility index (Phi) is 5.88. The fourth-order valence-corrected chi connectivity index (χ4v) is 5.60. The molecule has 2 aliphatic heterocycles. The Bertz CT molecular complexity index is 1320. The summed E-state index contributed by atoms with van der Waals surface area (Å²) in [6.07, 6.45) is 3.18. The van der Waals surface area contributed by atoms with E-state index in [0.29, 0.717) is 54.0 Å². The van der Waals surface area contributed by atoms with Crippen molar-refractivity contribution >= 4 is 33.1 Å². The number of morpholine rings is 1. The molecular weight excluding hydrogens is 456 g/mol. The maximum Gasteiger partial charge on any atom is 0.323 e. The quantitative estimate of drug-likeness (QED) is 0.584. The number of sulfone groups is 1. The summed E-state index contributed by atoms with van der Waals surface area (Å²) >= 11 is 0. The molecule has 0 bridgehead atoms. The van der Waals surface area contributed by atoms with Crippen molar-refractivity contribution in [2.75, 3.05) is 35.3 Å². The summed E-state index contributed by atoms with van der Waals surface area (Å²) < 4.78 is 30.3. The first-order valence-electron chi connectivity index (χ1n) is 10.9. The molecule has 34 heavy (non-hydrogen) atoms. The Morgan fingerprint density at radius 2 is 1.88 bits per heavy atom. The second-order valence-corrected chi connectivity index (χ2v) is 10.4. The number of anilines is 3. The van der Waals surface area contributed by atoms with Crippen molar-refractivity contribution in [2.45, 2.75) is 24.5 Å². The molecule has 176 valence electrons. The van der Waals surface area contributed by atoms with Crippen LogP contribution in [0.2, 0.25) is 0 Å². The summed E-state index contributed by atoms with van der Waals surface area (Å²) in [6.45, 7) is 3.79. The van der Waals surface area contributed by atoms with Gasteiger partial charge in [-0.3, -0.25) is 4.98 Å². The number of hydrogen-bond donors (Lipinski definition) is 2. The van der Waals surface area contributed by atoms with Gasteiger partial charge in [0.25, 0.3) is 0 Å². The van der Waals surface area contributed by atoms with Gasteiger partial charge in [-0.15, -0.1) is 0 Å². The fourth-order valence-electron chi connectivity index (χ4n) is 4.10. The topological polar surface area (TPSA) is 126 Å². The van der Waals surface area contributed by atoms with E-state index < -0.39 is 9.84 Å². The van der Waals surface area contributed by atoms with Gasteiger partial charge in [0.2, 0.25) is 0 Å². The average molecular weight is 481 g/mol. The number of hydrogen-bond acceptors (Lipinski definition) is 8. The van der Waals surface area contributed by atoms with Crippen LogP contribution in [0.1, 0.15) is 18.2 Å². The number of fused-ring (bicyclic) bond motifs is 1. The van der Waals surface area contributed by atoms with Crippen LogP contribution in [0.15, 0.2) is 48.8 Å². The van der Waals surface area contributed by atoms with Crippen LogP contribution < -0.4 is 15.5 Å². The number of rotatable bonds is 4. The standard InChI is InChI=1S/C23H24N6O4S/c1-15-12-33-10-9-29(15)22-19-13-34(31,32)14-20(19)27-21(28-22)16-4-6-17(7-5-16)25-23(30)26-18-3-2-8-24-11-18/h2-8,11,15H,9-10,12-14H2,1H3,(H2,25,26,30)/t15-/m0/s1. The van der Waals surface area contributed by atoms with Gasteiger partial charge in [0, 0.05) is 29.6 Å². The van der Waals surface area contributed by atoms with Crippen molar-refractivity contribution < 1.29 is 17.9 Å². The van der Waals surface area contributed by atoms with Crippen molar-refractivity contribution in [3.63, 3.8) is 0 Å². The number of aromatic nitrogens is 3. The smallest absolute Gasteiger partial charge is 0.323 e.